The van der Waals surface area contributed by atoms with Crippen LogP contribution >= 0.6 is 39.1 Å². The number of nitrogens with zero attached hydrogens (tertiary/aromatic N) is 2. The van der Waals surface area contributed by atoms with E-state index in [0.29, 0.717) is 21.8 Å². The Labute approximate surface area is 124 Å². The number of hydrogen-bond acceptors (Lipinski definition) is 3. The van der Waals surface area contributed by atoms with Crippen molar-refractivity contribution in [1.82, 2.24) is 9.97 Å². The molecule has 6 heteroatoms. The Morgan fingerprint density at radius 1 is 1.17 bits per heavy atom. The molecule has 0 aliphatic heterocycles. The zero-order valence-electron chi connectivity index (χ0n) is 9.76. The Balaban J connectivity index is 2.40. The van der Waals surface area contributed by atoms with Crippen LogP contribution in [0, 0.1) is 13.8 Å². The van der Waals surface area contributed by atoms with E-state index in [4.69, 9.17) is 23.2 Å². The van der Waals surface area contributed by atoms with E-state index in [-0.39, 0.29) is 0 Å². The molecule has 1 aromatic heterocycles. The van der Waals surface area contributed by atoms with Gasteiger partial charge in [-0.25, -0.2) is 9.97 Å². The molecule has 0 amide bonds. The van der Waals surface area contributed by atoms with Crippen LogP contribution < -0.4 is 5.32 Å². The van der Waals surface area contributed by atoms with Crippen LogP contribution in [0.2, 0.25) is 10.2 Å². The smallest absolute Gasteiger partial charge is 0.138 e. The molecule has 1 heterocycles. The number of nitrogens with one attached hydrogen (secondary N) is 1. The lowest BCUT2D eigenvalue weighted by atomic mass is 10.3. The normalized spacial score (nSPS) is 10.5. The molecule has 0 spiro atoms. The van der Waals surface area contributed by atoms with Crippen LogP contribution in [-0.4, -0.2) is 9.97 Å². The highest BCUT2D eigenvalue weighted by Crippen LogP contribution is 2.30. The van der Waals surface area contributed by atoms with Gasteiger partial charge in [-0.1, -0.05) is 39.1 Å². The van der Waals surface area contributed by atoms with E-state index in [1.807, 2.05) is 25.1 Å². The summed E-state index contributed by atoms with van der Waals surface area (Å²) < 4.78 is 0.923. The Morgan fingerprint density at radius 3 is 2.56 bits per heavy atom. The molecule has 0 radical (unpaired) electrons. The fraction of sp³-hybridized carbons (Fsp3) is 0.167. The first-order chi connectivity index (χ1) is 8.47. The molecule has 18 heavy (non-hydrogen) atoms. The molecule has 0 bridgehead atoms. The van der Waals surface area contributed by atoms with Crippen LogP contribution in [0.1, 0.15) is 11.4 Å². The summed E-state index contributed by atoms with van der Waals surface area (Å²) >= 11 is 15.5. The van der Waals surface area contributed by atoms with Crippen LogP contribution in [0.4, 0.5) is 11.5 Å². The molecule has 0 aliphatic carbocycles. The second-order valence-corrected chi connectivity index (χ2v) is 5.47. The maximum atomic E-state index is 6.14. The molecule has 94 valence electrons. The minimum atomic E-state index is 0.443. The van der Waals surface area contributed by atoms with Crippen LogP contribution in [0.25, 0.3) is 0 Å². The predicted molar refractivity (Wildman–Crippen MR) is 79.0 cm³/mol. The summed E-state index contributed by atoms with van der Waals surface area (Å²) in [6.07, 6.45) is 0. The summed E-state index contributed by atoms with van der Waals surface area (Å²) in [6.45, 7) is 3.65. The Morgan fingerprint density at radius 2 is 1.89 bits per heavy atom. The third-order valence-electron chi connectivity index (χ3n) is 2.38. The molecule has 1 aromatic carbocycles. The van der Waals surface area contributed by atoms with Gasteiger partial charge in [0, 0.05) is 10.0 Å². The molecule has 3 nitrogen and oxygen atoms in total. The number of rotatable bonds is 2. The standard InChI is InChI=1S/C12H10BrCl2N3/c1-6-11(15)16-7(2)17-12(6)18-10-4-3-8(13)5-9(10)14/h3-5H,1-2H3,(H,16,17,18). The monoisotopic (exact) mass is 345 g/mol. The van der Waals surface area contributed by atoms with E-state index in [1.165, 1.54) is 0 Å². The van der Waals surface area contributed by atoms with Crippen molar-refractivity contribution in [3.8, 4) is 0 Å². The summed E-state index contributed by atoms with van der Waals surface area (Å²) in [5.41, 5.74) is 1.57. The van der Waals surface area contributed by atoms with E-state index < -0.39 is 0 Å². The van der Waals surface area contributed by atoms with Crippen LogP contribution in [0.3, 0.4) is 0 Å². The van der Waals surface area contributed by atoms with Crippen LogP contribution in [0.5, 0.6) is 0 Å². The SMILES string of the molecule is Cc1nc(Cl)c(C)c(Nc2ccc(Br)cc2Cl)n1. The number of anilines is 2. The minimum absolute atomic E-state index is 0.443. The topological polar surface area (TPSA) is 37.8 Å². The van der Waals surface area contributed by atoms with Gasteiger partial charge in [0.2, 0.25) is 0 Å². The molecule has 1 N–H and O–H groups in total. The van der Waals surface area contributed by atoms with Crippen molar-refractivity contribution in [2.24, 2.45) is 0 Å². The molecule has 0 saturated carbocycles. The Bertz CT molecular complexity index is 602. The third kappa shape index (κ3) is 2.94. The zero-order chi connectivity index (χ0) is 13.3. The molecule has 0 atom stereocenters. The highest BCUT2D eigenvalue weighted by Gasteiger charge is 2.09. The summed E-state index contributed by atoms with van der Waals surface area (Å²) in [5, 5.41) is 4.21. The van der Waals surface area contributed by atoms with Crippen molar-refractivity contribution in [3.05, 3.63) is 44.2 Å². The molecule has 0 aliphatic rings. The van der Waals surface area contributed by atoms with Gasteiger partial charge in [-0.2, -0.15) is 0 Å². The van der Waals surface area contributed by atoms with Gasteiger partial charge >= 0.3 is 0 Å². The molecule has 0 unspecified atom stereocenters. The largest absolute Gasteiger partial charge is 0.339 e. The summed E-state index contributed by atoms with van der Waals surface area (Å²) in [4.78, 5) is 8.40. The molecular formula is C12H10BrCl2N3. The van der Waals surface area contributed by atoms with Gasteiger partial charge in [0.05, 0.1) is 10.7 Å². The first kappa shape index (κ1) is 13.6. The van der Waals surface area contributed by atoms with Gasteiger partial charge in [0.25, 0.3) is 0 Å². The maximum Gasteiger partial charge on any atom is 0.138 e. The molecule has 2 aromatic rings. The quantitative estimate of drug-likeness (QED) is 0.785. The van der Waals surface area contributed by atoms with Crippen molar-refractivity contribution >= 4 is 50.6 Å². The minimum Gasteiger partial charge on any atom is -0.339 e. The van der Waals surface area contributed by atoms with Gasteiger partial charge in [-0.05, 0) is 32.0 Å². The van der Waals surface area contributed by atoms with Crippen LogP contribution in [-0.2, 0) is 0 Å². The highest BCUT2D eigenvalue weighted by atomic mass is 79.9. The zero-order valence-corrected chi connectivity index (χ0v) is 12.9. The van der Waals surface area contributed by atoms with Crippen molar-refractivity contribution in [1.29, 1.82) is 0 Å². The second-order valence-electron chi connectivity index (χ2n) is 3.78. The van der Waals surface area contributed by atoms with E-state index in [1.54, 1.807) is 6.92 Å². The Kier molecular flexibility index (Phi) is 4.10. The van der Waals surface area contributed by atoms with Crippen LogP contribution in [0.15, 0.2) is 22.7 Å². The summed E-state index contributed by atoms with van der Waals surface area (Å²) in [5.74, 6) is 1.28. The number of aryl methyl sites for hydroxylation is 1. The second kappa shape index (κ2) is 5.43. The summed E-state index contributed by atoms with van der Waals surface area (Å²) in [6, 6.07) is 5.59. The third-order valence-corrected chi connectivity index (χ3v) is 3.56. The Hall–Kier alpha value is -0.840. The van der Waals surface area contributed by atoms with Gasteiger partial charge in [0.15, 0.2) is 0 Å². The lowest BCUT2D eigenvalue weighted by Gasteiger charge is -2.11. The fourth-order valence-electron chi connectivity index (χ4n) is 1.43. The average Bonchev–Trinajstić information content (AvgIpc) is 2.29. The van der Waals surface area contributed by atoms with E-state index in [2.05, 4.69) is 31.2 Å². The molecule has 2 rings (SSSR count). The first-order valence-electron chi connectivity index (χ1n) is 5.20. The van der Waals surface area contributed by atoms with Gasteiger partial charge in [-0.3, -0.25) is 0 Å². The van der Waals surface area contributed by atoms with E-state index >= 15 is 0 Å². The number of benzene rings is 1. The highest BCUT2D eigenvalue weighted by molar-refractivity contribution is 9.10. The fourth-order valence-corrected chi connectivity index (χ4v) is 2.37. The van der Waals surface area contributed by atoms with Gasteiger partial charge < -0.3 is 5.32 Å². The number of aromatic nitrogens is 2. The van der Waals surface area contributed by atoms with Crippen molar-refractivity contribution in [2.45, 2.75) is 13.8 Å². The average molecular weight is 347 g/mol. The van der Waals surface area contributed by atoms with Gasteiger partial charge in [0.1, 0.15) is 16.8 Å². The molecule has 0 saturated heterocycles. The van der Waals surface area contributed by atoms with Crippen molar-refractivity contribution < 1.29 is 0 Å². The van der Waals surface area contributed by atoms with E-state index in [0.717, 1.165) is 15.7 Å². The molecular weight excluding hydrogens is 337 g/mol. The number of halogens is 3. The lowest BCUT2D eigenvalue weighted by molar-refractivity contribution is 1.04. The summed E-state index contributed by atoms with van der Waals surface area (Å²) in [7, 11) is 0. The predicted octanol–water partition coefficient (Wildman–Crippen LogP) is 4.91. The lowest BCUT2D eigenvalue weighted by Crippen LogP contribution is -2.01. The van der Waals surface area contributed by atoms with Crippen molar-refractivity contribution in [2.75, 3.05) is 5.32 Å². The first-order valence-corrected chi connectivity index (χ1v) is 6.75. The van der Waals surface area contributed by atoms with E-state index in [9.17, 15) is 0 Å². The molecule has 0 fully saturated rings. The van der Waals surface area contributed by atoms with Gasteiger partial charge in [-0.15, -0.1) is 0 Å². The maximum absolute atomic E-state index is 6.14. The van der Waals surface area contributed by atoms with Crippen molar-refractivity contribution in [3.63, 3.8) is 0 Å². The number of hydrogen-bond donors (Lipinski definition) is 1.